The van der Waals surface area contributed by atoms with E-state index in [1.165, 1.54) is 12.1 Å². The molecular formula is C16H23NO5S2. The predicted octanol–water partition coefficient (Wildman–Crippen LogP) is 0.962. The van der Waals surface area contributed by atoms with Gasteiger partial charge in [-0.05, 0) is 43.9 Å². The average molecular weight is 373 g/mol. The molecule has 1 N–H and O–H groups in total. The topological polar surface area (TPSA) is 97.4 Å². The van der Waals surface area contributed by atoms with Crippen molar-refractivity contribution in [3.63, 3.8) is 0 Å². The standard InChI is InChI=1S/C16H23NO5S2/c1-12(2)24(21,22)15-5-3-13(4-6-15)9-16(18)17-10-14-7-8-23(19,20)11-14/h3-6,12,14H,7-11H2,1-2H3,(H,17,18). The van der Waals surface area contributed by atoms with Gasteiger partial charge in [0.25, 0.3) is 0 Å². The summed E-state index contributed by atoms with van der Waals surface area (Å²) >= 11 is 0. The van der Waals surface area contributed by atoms with Crippen molar-refractivity contribution in [3.05, 3.63) is 29.8 Å². The van der Waals surface area contributed by atoms with E-state index in [0.717, 1.165) is 0 Å². The molecule has 0 bridgehead atoms. The molecule has 0 aromatic heterocycles. The van der Waals surface area contributed by atoms with Crippen LogP contribution < -0.4 is 5.32 Å². The highest BCUT2D eigenvalue weighted by Gasteiger charge is 2.27. The van der Waals surface area contributed by atoms with Crippen molar-refractivity contribution in [3.8, 4) is 0 Å². The fraction of sp³-hybridized carbons (Fsp3) is 0.562. The first kappa shape index (κ1) is 18.9. The van der Waals surface area contributed by atoms with Gasteiger partial charge in [0.2, 0.25) is 5.91 Å². The van der Waals surface area contributed by atoms with Crippen LogP contribution in [0.15, 0.2) is 29.2 Å². The van der Waals surface area contributed by atoms with Gasteiger partial charge in [-0.1, -0.05) is 12.1 Å². The zero-order valence-electron chi connectivity index (χ0n) is 13.9. The molecule has 8 heteroatoms. The van der Waals surface area contributed by atoms with Crippen molar-refractivity contribution in [1.82, 2.24) is 5.32 Å². The van der Waals surface area contributed by atoms with Crippen molar-refractivity contribution in [2.45, 2.75) is 36.8 Å². The van der Waals surface area contributed by atoms with Crippen molar-refractivity contribution < 1.29 is 21.6 Å². The van der Waals surface area contributed by atoms with Crippen LogP contribution >= 0.6 is 0 Å². The van der Waals surface area contributed by atoms with Crippen LogP contribution in [0.4, 0.5) is 0 Å². The third kappa shape index (κ3) is 4.80. The van der Waals surface area contributed by atoms with Crippen LogP contribution in [0.2, 0.25) is 0 Å². The second kappa shape index (κ2) is 7.23. The Balaban J connectivity index is 1.88. The van der Waals surface area contributed by atoms with Gasteiger partial charge in [-0.25, -0.2) is 16.8 Å². The van der Waals surface area contributed by atoms with Crippen molar-refractivity contribution in [2.75, 3.05) is 18.1 Å². The molecule has 24 heavy (non-hydrogen) atoms. The average Bonchev–Trinajstić information content (AvgIpc) is 2.85. The molecular weight excluding hydrogens is 350 g/mol. The molecule has 1 saturated heterocycles. The molecule has 1 fully saturated rings. The largest absolute Gasteiger partial charge is 0.356 e. The molecule has 0 radical (unpaired) electrons. The van der Waals surface area contributed by atoms with Crippen LogP contribution in [0, 0.1) is 5.92 Å². The van der Waals surface area contributed by atoms with E-state index in [1.807, 2.05) is 0 Å². The van der Waals surface area contributed by atoms with E-state index < -0.39 is 24.9 Å². The number of hydrogen-bond donors (Lipinski definition) is 1. The summed E-state index contributed by atoms with van der Waals surface area (Å²) in [4.78, 5) is 12.2. The minimum absolute atomic E-state index is 0.0162. The van der Waals surface area contributed by atoms with Crippen LogP contribution in [0.25, 0.3) is 0 Å². The van der Waals surface area contributed by atoms with E-state index >= 15 is 0 Å². The normalized spacial score (nSPS) is 20.2. The molecule has 1 aromatic carbocycles. The summed E-state index contributed by atoms with van der Waals surface area (Å²) in [5.74, 6) is 0.116. The van der Waals surface area contributed by atoms with Crippen LogP contribution in [0.3, 0.4) is 0 Å². The van der Waals surface area contributed by atoms with E-state index in [1.54, 1.807) is 26.0 Å². The Labute approximate surface area is 143 Å². The Kier molecular flexibility index (Phi) is 5.70. The summed E-state index contributed by atoms with van der Waals surface area (Å²) in [5, 5.41) is 2.26. The molecule has 1 aromatic rings. The Bertz CT molecular complexity index is 795. The Morgan fingerprint density at radius 1 is 1.25 bits per heavy atom. The second-order valence-electron chi connectivity index (χ2n) is 6.49. The molecule has 1 amide bonds. The highest BCUT2D eigenvalue weighted by Crippen LogP contribution is 2.18. The van der Waals surface area contributed by atoms with Gasteiger partial charge in [-0.15, -0.1) is 0 Å². The summed E-state index contributed by atoms with van der Waals surface area (Å²) in [6.45, 7) is 3.61. The minimum Gasteiger partial charge on any atom is -0.356 e. The van der Waals surface area contributed by atoms with Gasteiger partial charge < -0.3 is 5.32 Å². The van der Waals surface area contributed by atoms with E-state index in [-0.39, 0.29) is 34.6 Å². The summed E-state index contributed by atoms with van der Waals surface area (Å²) in [6.07, 6.45) is 0.728. The zero-order chi connectivity index (χ0) is 18.0. The summed E-state index contributed by atoms with van der Waals surface area (Å²) < 4.78 is 46.8. The molecule has 134 valence electrons. The lowest BCUT2D eigenvalue weighted by molar-refractivity contribution is -0.120. The zero-order valence-corrected chi connectivity index (χ0v) is 15.5. The SMILES string of the molecule is CC(C)S(=O)(=O)c1ccc(CC(=O)NCC2CCS(=O)(=O)C2)cc1. The number of carbonyl (C=O) groups excluding carboxylic acids is 1. The second-order valence-corrected chi connectivity index (χ2v) is 11.2. The Hall–Kier alpha value is -1.41. The van der Waals surface area contributed by atoms with E-state index in [0.29, 0.717) is 18.5 Å². The van der Waals surface area contributed by atoms with Gasteiger partial charge in [0.05, 0.1) is 28.1 Å². The quantitative estimate of drug-likeness (QED) is 0.801. The molecule has 1 atom stereocenters. The van der Waals surface area contributed by atoms with Gasteiger partial charge in [0.15, 0.2) is 19.7 Å². The number of amides is 1. The molecule has 2 rings (SSSR count). The first-order valence-electron chi connectivity index (χ1n) is 7.90. The van der Waals surface area contributed by atoms with Crippen LogP contribution in [0.5, 0.6) is 0 Å². The highest BCUT2D eigenvalue weighted by atomic mass is 32.2. The van der Waals surface area contributed by atoms with Crippen LogP contribution in [-0.4, -0.2) is 46.0 Å². The molecule has 1 unspecified atom stereocenters. The smallest absolute Gasteiger partial charge is 0.224 e. The van der Waals surface area contributed by atoms with Crippen molar-refractivity contribution in [2.24, 2.45) is 5.92 Å². The minimum atomic E-state index is -3.31. The van der Waals surface area contributed by atoms with Gasteiger partial charge in [0.1, 0.15) is 0 Å². The lowest BCUT2D eigenvalue weighted by atomic mass is 10.1. The third-order valence-corrected chi connectivity index (χ3v) is 8.16. The monoisotopic (exact) mass is 373 g/mol. The van der Waals surface area contributed by atoms with Crippen LogP contribution in [0.1, 0.15) is 25.8 Å². The highest BCUT2D eigenvalue weighted by molar-refractivity contribution is 7.92. The van der Waals surface area contributed by atoms with E-state index in [2.05, 4.69) is 5.32 Å². The van der Waals surface area contributed by atoms with E-state index in [9.17, 15) is 21.6 Å². The first-order chi connectivity index (χ1) is 11.1. The molecule has 1 heterocycles. The molecule has 1 aliphatic rings. The Morgan fingerprint density at radius 3 is 2.38 bits per heavy atom. The lowest BCUT2D eigenvalue weighted by Gasteiger charge is -2.11. The van der Waals surface area contributed by atoms with E-state index in [4.69, 9.17) is 0 Å². The summed E-state index contributed by atoms with van der Waals surface area (Å²) in [7, 11) is -6.25. The van der Waals surface area contributed by atoms with Gasteiger partial charge in [-0.2, -0.15) is 0 Å². The number of sulfone groups is 2. The Morgan fingerprint density at radius 2 is 1.88 bits per heavy atom. The number of carbonyl (C=O) groups is 1. The number of rotatable bonds is 6. The number of hydrogen-bond acceptors (Lipinski definition) is 5. The number of benzene rings is 1. The molecule has 0 aliphatic carbocycles. The van der Waals surface area contributed by atoms with Gasteiger partial charge >= 0.3 is 0 Å². The summed E-state index contributed by atoms with van der Waals surface area (Å²) in [6, 6.07) is 6.30. The maximum atomic E-state index is 12.0. The summed E-state index contributed by atoms with van der Waals surface area (Å²) in [5.41, 5.74) is 0.717. The fourth-order valence-corrected chi connectivity index (χ4v) is 5.53. The fourth-order valence-electron chi connectivity index (χ4n) is 2.61. The van der Waals surface area contributed by atoms with Crippen LogP contribution in [-0.2, 0) is 30.9 Å². The van der Waals surface area contributed by atoms with Gasteiger partial charge in [0, 0.05) is 6.54 Å². The molecule has 6 nitrogen and oxygen atoms in total. The molecule has 0 saturated carbocycles. The first-order valence-corrected chi connectivity index (χ1v) is 11.3. The molecule has 0 spiro atoms. The number of nitrogens with one attached hydrogen (secondary N) is 1. The lowest BCUT2D eigenvalue weighted by Crippen LogP contribution is -2.31. The third-order valence-electron chi connectivity index (χ3n) is 4.15. The van der Waals surface area contributed by atoms with Crippen molar-refractivity contribution >= 4 is 25.6 Å². The molecule has 1 aliphatic heterocycles. The maximum absolute atomic E-state index is 12.0. The predicted molar refractivity (Wildman–Crippen MR) is 92.2 cm³/mol. The van der Waals surface area contributed by atoms with Crippen molar-refractivity contribution in [1.29, 1.82) is 0 Å². The van der Waals surface area contributed by atoms with Gasteiger partial charge in [-0.3, -0.25) is 4.79 Å². The maximum Gasteiger partial charge on any atom is 0.224 e.